The lowest BCUT2D eigenvalue weighted by atomic mass is 10.1. The molecular weight excluding hydrogens is 400 g/mol. The van der Waals surface area contributed by atoms with Crippen molar-refractivity contribution in [2.24, 2.45) is 4.99 Å². The van der Waals surface area contributed by atoms with E-state index in [1.54, 1.807) is 6.20 Å². The van der Waals surface area contributed by atoms with Crippen LogP contribution in [-0.4, -0.2) is 52.7 Å². The zero-order valence-electron chi connectivity index (χ0n) is 18.9. The SMILES string of the molecule is CCNC(=NCC(=O)N(CC)Cc1ccccc1)NCCc1ccc(-n2cccn2)cc1. The smallest absolute Gasteiger partial charge is 0.244 e. The van der Waals surface area contributed by atoms with Crippen molar-refractivity contribution in [1.82, 2.24) is 25.3 Å². The summed E-state index contributed by atoms with van der Waals surface area (Å²) in [6.07, 6.45) is 4.55. The van der Waals surface area contributed by atoms with Crippen LogP contribution >= 0.6 is 0 Å². The molecule has 0 saturated carbocycles. The fourth-order valence-electron chi connectivity index (χ4n) is 3.33. The Balaban J connectivity index is 1.50. The van der Waals surface area contributed by atoms with E-state index in [4.69, 9.17) is 0 Å². The molecule has 0 aliphatic rings. The summed E-state index contributed by atoms with van der Waals surface area (Å²) in [5.41, 5.74) is 3.38. The van der Waals surface area contributed by atoms with E-state index >= 15 is 0 Å². The topological polar surface area (TPSA) is 74.6 Å². The number of likely N-dealkylation sites (N-methyl/N-ethyl adjacent to an activating group) is 1. The number of benzene rings is 2. The van der Waals surface area contributed by atoms with Gasteiger partial charge in [-0.3, -0.25) is 4.79 Å². The fourth-order valence-corrected chi connectivity index (χ4v) is 3.33. The number of nitrogens with one attached hydrogen (secondary N) is 2. The third-order valence-electron chi connectivity index (χ3n) is 5.08. The van der Waals surface area contributed by atoms with Crippen molar-refractivity contribution in [3.63, 3.8) is 0 Å². The Bertz CT molecular complexity index is 967. The summed E-state index contributed by atoms with van der Waals surface area (Å²) < 4.78 is 1.84. The minimum atomic E-state index is 0.0165. The summed E-state index contributed by atoms with van der Waals surface area (Å²) in [4.78, 5) is 19.0. The number of aromatic nitrogens is 2. The quantitative estimate of drug-likeness (QED) is 0.382. The van der Waals surface area contributed by atoms with Crippen molar-refractivity contribution < 1.29 is 4.79 Å². The van der Waals surface area contributed by atoms with Gasteiger partial charge in [0, 0.05) is 38.6 Å². The molecule has 0 fully saturated rings. The van der Waals surface area contributed by atoms with Gasteiger partial charge in [-0.25, -0.2) is 9.67 Å². The van der Waals surface area contributed by atoms with Crippen molar-refractivity contribution >= 4 is 11.9 Å². The third-order valence-corrected chi connectivity index (χ3v) is 5.08. The van der Waals surface area contributed by atoms with E-state index in [0.29, 0.717) is 19.0 Å². The molecule has 1 aromatic heterocycles. The average molecular weight is 433 g/mol. The van der Waals surface area contributed by atoms with E-state index in [1.165, 1.54) is 5.56 Å². The van der Waals surface area contributed by atoms with Crippen LogP contribution in [0.2, 0.25) is 0 Å². The molecular formula is C25H32N6O. The Morgan fingerprint density at radius 3 is 2.44 bits per heavy atom. The minimum Gasteiger partial charge on any atom is -0.357 e. The molecule has 0 atom stereocenters. The van der Waals surface area contributed by atoms with Gasteiger partial charge in [0.25, 0.3) is 0 Å². The second kappa shape index (κ2) is 12.3. The lowest BCUT2D eigenvalue weighted by molar-refractivity contribution is -0.130. The molecule has 0 bridgehead atoms. The van der Waals surface area contributed by atoms with E-state index in [-0.39, 0.29) is 12.5 Å². The van der Waals surface area contributed by atoms with Gasteiger partial charge in [0.2, 0.25) is 5.91 Å². The highest BCUT2D eigenvalue weighted by Gasteiger charge is 2.12. The van der Waals surface area contributed by atoms with Gasteiger partial charge in [-0.2, -0.15) is 5.10 Å². The van der Waals surface area contributed by atoms with Crippen molar-refractivity contribution in [3.8, 4) is 5.69 Å². The predicted octanol–water partition coefficient (Wildman–Crippen LogP) is 3.02. The van der Waals surface area contributed by atoms with Crippen molar-refractivity contribution in [2.45, 2.75) is 26.8 Å². The molecule has 0 unspecified atom stereocenters. The van der Waals surface area contributed by atoms with Crippen molar-refractivity contribution in [3.05, 3.63) is 84.2 Å². The minimum absolute atomic E-state index is 0.0165. The van der Waals surface area contributed by atoms with Gasteiger partial charge < -0.3 is 15.5 Å². The number of nitrogens with zero attached hydrogens (tertiary/aromatic N) is 4. The average Bonchev–Trinajstić information content (AvgIpc) is 3.37. The number of aliphatic imine (C=N–C) groups is 1. The highest BCUT2D eigenvalue weighted by Crippen LogP contribution is 2.09. The van der Waals surface area contributed by atoms with Crippen LogP contribution in [0.1, 0.15) is 25.0 Å². The van der Waals surface area contributed by atoms with Gasteiger partial charge >= 0.3 is 0 Å². The van der Waals surface area contributed by atoms with Crippen LogP contribution in [-0.2, 0) is 17.8 Å². The molecule has 2 aromatic carbocycles. The summed E-state index contributed by atoms with van der Waals surface area (Å²) in [6.45, 7) is 6.84. The Hall–Kier alpha value is -3.61. The molecule has 0 radical (unpaired) electrons. The summed E-state index contributed by atoms with van der Waals surface area (Å²) in [5.74, 6) is 0.674. The van der Waals surface area contributed by atoms with E-state index in [1.807, 2.05) is 66.0 Å². The normalized spacial score (nSPS) is 11.2. The zero-order chi connectivity index (χ0) is 22.6. The second-order valence-electron chi connectivity index (χ2n) is 7.38. The number of guanidine groups is 1. The lowest BCUT2D eigenvalue weighted by Crippen LogP contribution is -2.40. The first-order valence-electron chi connectivity index (χ1n) is 11.1. The molecule has 0 saturated heterocycles. The molecule has 1 heterocycles. The standard InChI is InChI=1S/C25H32N6O/c1-3-26-25(28-19-24(32)30(4-2)20-22-9-6-5-7-10-22)27-17-15-21-11-13-23(14-12-21)31-18-8-16-29-31/h5-14,16,18H,3-4,15,17,19-20H2,1-2H3,(H2,26,27,28). The van der Waals surface area contributed by atoms with Gasteiger partial charge in [0.1, 0.15) is 6.54 Å². The maximum atomic E-state index is 12.7. The molecule has 0 aliphatic carbocycles. The molecule has 168 valence electrons. The van der Waals surface area contributed by atoms with Crippen LogP contribution < -0.4 is 10.6 Å². The zero-order valence-corrected chi connectivity index (χ0v) is 18.9. The fraction of sp³-hybridized carbons (Fsp3) is 0.320. The number of hydrogen-bond acceptors (Lipinski definition) is 3. The van der Waals surface area contributed by atoms with Crippen LogP contribution in [0.25, 0.3) is 5.69 Å². The molecule has 7 nitrogen and oxygen atoms in total. The first-order chi connectivity index (χ1) is 15.7. The van der Waals surface area contributed by atoms with Crippen molar-refractivity contribution in [2.75, 3.05) is 26.2 Å². The summed E-state index contributed by atoms with van der Waals surface area (Å²) >= 11 is 0. The molecule has 7 heteroatoms. The number of rotatable bonds is 10. The molecule has 3 rings (SSSR count). The first-order valence-corrected chi connectivity index (χ1v) is 11.1. The molecule has 0 aliphatic heterocycles. The first kappa shape index (κ1) is 23.1. The van der Waals surface area contributed by atoms with E-state index in [0.717, 1.165) is 30.8 Å². The second-order valence-corrected chi connectivity index (χ2v) is 7.38. The predicted molar refractivity (Wildman–Crippen MR) is 129 cm³/mol. The van der Waals surface area contributed by atoms with Gasteiger partial charge in [0.15, 0.2) is 5.96 Å². The van der Waals surface area contributed by atoms with Gasteiger partial charge in [-0.1, -0.05) is 42.5 Å². The molecule has 32 heavy (non-hydrogen) atoms. The molecule has 0 spiro atoms. The third kappa shape index (κ3) is 6.97. The number of carbonyl (C=O) groups is 1. The Morgan fingerprint density at radius 2 is 1.78 bits per heavy atom. The van der Waals surface area contributed by atoms with E-state index in [2.05, 4.69) is 45.0 Å². The number of carbonyl (C=O) groups excluding carboxylic acids is 1. The Kier molecular flexibility index (Phi) is 8.86. The van der Waals surface area contributed by atoms with Crippen LogP contribution in [0.3, 0.4) is 0 Å². The van der Waals surface area contributed by atoms with Gasteiger partial charge in [-0.15, -0.1) is 0 Å². The van der Waals surface area contributed by atoms with Crippen LogP contribution in [0.15, 0.2) is 78.0 Å². The maximum absolute atomic E-state index is 12.7. The van der Waals surface area contributed by atoms with E-state index in [9.17, 15) is 4.79 Å². The van der Waals surface area contributed by atoms with Crippen LogP contribution in [0.5, 0.6) is 0 Å². The van der Waals surface area contributed by atoms with Crippen molar-refractivity contribution in [1.29, 1.82) is 0 Å². The maximum Gasteiger partial charge on any atom is 0.244 e. The highest BCUT2D eigenvalue weighted by molar-refractivity contribution is 5.85. The summed E-state index contributed by atoms with van der Waals surface area (Å²) in [6, 6.07) is 20.3. The Morgan fingerprint density at radius 1 is 1.00 bits per heavy atom. The number of amides is 1. The molecule has 2 N–H and O–H groups in total. The summed E-state index contributed by atoms with van der Waals surface area (Å²) in [5, 5.41) is 10.8. The van der Waals surface area contributed by atoms with E-state index < -0.39 is 0 Å². The van der Waals surface area contributed by atoms with Gasteiger partial charge in [-0.05, 0) is 49.6 Å². The lowest BCUT2D eigenvalue weighted by Gasteiger charge is -2.20. The molecule has 3 aromatic rings. The molecule has 1 amide bonds. The monoisotopic (exact) mass is 432 g/mol. The summed E-state index contributed by atoms with van der Waals surface area (Å²) in [7, 11) is 0. The largest absolute Gasteiger partial charge is 0.357 e. The number of hydrogen-bond donors (Lipinski definition) is 2. The van der Waals surface area contributed by atoms with Gasteiger partial charge in [0.05, 0.1) is 5.69 Å². The van der Waals surface area contributed by atoms with Crippen LogP contribution in [0, 0.1) is 0 Å². The highest BCUT2D eigenvalue weighted by atomic mass is 16.2. The van der Waals surface area contributed by atoms with Crippen LogP contribution in [0.4, 0.5) is 0 Å². The Labute approximate surface area is 190 Å².